The Hall–Kier alpha value is -2.29. The van der Waals surface area contributed by atoms with Gasteiger partial charge in [-0.25, -0.2) is 0 Å². The molecule has 0 aliphatic heterocycles. The Kier molecular flexibility index (Phi) is 7.34. The first-order valence-electron chi connectivity index (χ1n) is 8.50. The first-order chi connectivity index (χ1) is 11.6. The van der Waals surface area contributed by atoms with E-state index in [9.17, 15) is 4.79 Å². The van der Waals surface area contributed by atoms with Gasteiger partial charge < -0.3 is 8.83 Å². The molecule has 0 bridgehead atoms. The van der Waals surface area contributed by atoms with Crippen LogP contribution < -0.4 is 0 Å². The van der Waals surface area contributed by atoms with Gasteiger partial charge in [0.2, 0.25) is 0 Å². The van der Waals surface area contributed by atoms with Crippen molar-refractivity contribution in [1.29, 1.82) is 0 Å². The molecule has 0 saturated carbocycles. The topological polar surface area (TPSA) is 43.4 Å². The van der Waals surface area contributed by atoms with E-state index >= 15 is 0 Å². The van der Waals surface area contributed by atoms with Gasteiger partial charge in [-0.05, 0) is 49.8 Å². The van der Waals surface area contributed by atoms with E-state index in [1.165, 1.54) is 5.56 Å². The van der Waals surface area contributed by atoms with Crippen molar-refractivity contribution in [3.63, 3.8) is 0 Å². The normalized spacial score (nSPS) is 13.5. The van der Waals surface area contributed by atoms with Crippen LogP contribution in [0.15, 0.2) is 63.7 Å². The molecule has 0 saturated heterocycles. The fourth-order valence-electron chi connectivity index (χ4n) is 2.65. The average molecular weight is 326 g/mol. The summed E-state index contributed by atoms with van der Waals surface area (Å²) in [6.45, 7) is 4.16. The van der Waals surface area contributed by atoms with Crippen LogP contribution in [0.4, 0.5) is 0 Å². The molecule has 3 nitrogen and oxygen atoms in total. The zero-order valence-electron chi connectivity index (χ0n) is 14.5. The Bertz CT molecular complexity index is 645. The van der Waals surface area contributed by atoms with Crippen LogP contribution in [0.2, 0.25) is 0 Å². The number of rotatable bonds is 10. The van der Waals surface area contributed by atoms with Crippen LogP contribution in [0, 0.1) is 5.92 Å². The van der Waals surface area contributed by atoms with Gasteiger partial charge in [0, 0.05) is 18.4 Å². The van der Waals surface area contributed by atoms with E-state index in [-0.39, 0.29) is 0 Å². The highest BCUT2D eigenvalue weighted by molar-refractivity contribution is 5.80. The second-order valence-corrected chi connectivity index (χ2v) is 6.44. The van der Waals surface area contributed by atoms with Crippen molar-refractivity contribution in [2.45, 2.75) is 46.0 Å². The van der Waals surface area contributed by atoms with Crippen LogP contribution >= 0.6 is 0 Å². The van der Waals surface area contributed by atoms with Gasteiger partial charge in [-0.2, -0.15) is 0 Å². The van der Waals surface area contributed by atoms with Crippen molar-refractivity contribution in [1.82, 2.24) is 0 Å². The van der Waals surface area contributed by atoms with Gasteiger partial charge in [-0.15, -0.1) is 0 Å². The number of furan rings is 2. The molecule has 0 aromatic carbocycles. The van der Waals surface area contributed by atoms with Crippen molar-refractivity contribution < 1.29 is 13.6 Å². The molecule has 2 aromatic heterocycles. The molecule has 2 rings (SSSR count). The second-order valence-electron chi connectivity index (χ2n) is 6.44. The lowest BCUT2D eigenvalue weighted by atomic mass is 9.97. The SMILES string of the molecule is CC(=CCCc1ccoc1)CC(=O)CC(C)CC=Cc1ccoc1. The average Bonchev–Trinajstić information content (AvgIpc) is 3.20. The largest absolute Gasteiger partial charge is 0.472 e. The molecule has 0 amide bonds. The van der Waals surface area contributed by atoms with E-state index in [2.05, 4.69) is 19.1 Å². The molecule has 1 atom stereocenters. The molecule has 1 unspecified atom stereocenters. The van der Waals surface area contributed by atoms with Gasteiger partial charge in [-0.1, -0.05) is 30.7 Å². The van der Waals surface area contributed by atoms with Crippen molar-refractivity contribution in [3.8, 4) is 0 Å². The third kappa shape index (κ3) is 6.86. The Morgan fingerprint density at radius 3 is 2.71 bits per heavy atom. The van der Waals surface area contributed by atoms with Gasteiger partial charge >= 0.3 is 0 Å². The number of hydrogen-bond donors (Lipinski definition) is 0. The monoisotopic (exact) mass is 326 g/mol. The summed E-state index contributed by atoms with van der Waals surface area (Å²) in [6.07, 6.45) is 17.1. The highest BCUT2D eigenvalue weighted by Gasteiger charge is 2.08. The summed E-state index contributed by atoms with van der Waals surface area (Å²) in [5.41, 5.74) is 3.41. The van der Waals surface area contributed by atoms with E-state index in [1.54, 1.807) is 25.1 Å². The minimum Gasteiger partial charge on any atom is -0.472 e. The van der Waals surface area contributed by atoms with Crippen LogP contribution in [0.1, 0.15) is 50.7 Å². The van der Waals surface area contributed by atoms with Crippen LogP contribution in [0.5, 0.6) is 0 Å². The molecule has 0 aliphatic carbocycles. The van der Waals surface area contributed by atoms with Gasteiger partial charge in [0.1, 0.15) is 5.78 Å². The Balaban J connectivity index is 1.65. The number of carbonyl (C=O) groups is 1. The standard InChI is InChI=1S/C21H26O3/c1-17(5-3-7-19-9-11-23-15-19)13-21(22)14-18(2)6-4-8-20-10-12-24-16-20/h3,6-7,9-12,15-17H,4-5,8,13-14H2,1-2H3. The zero-order valence-corrected chi connectivity index (χ0v) is 14.5. The van der Waals surface area contributed by atoms with Gasteiger partial charge in [0.25, 0.3) is 0 Å². The zero-order chi connectivity index (χ0) is 17.2. The van der Waals surface area contributed by atoms with Crippen molar-refractivity contribution >= 4 is 11.9 Å². The number of ketones is 1. The van der Waals surface area contributed by atoms with E-state index in [4.69, 9.17) is 8.83 Å². The summed E-state index contributed by atoms with van der Waals surface area (Å²) in [6, 6.07) is 3.90. The summed E-state index contributed by atoms with van der Waals surface area (Å²) in [5, 5.41) is 0. The maximum atomic E-state index is 12.2. The lowest BCUT2D eigenvalue weighted by Gasteiger charge is -2.08. The molecule has 0 aliphatic rings. The summed E-state index contributed by atoms with van der Waals surface area (Å²) in [7, 11) is 0. The summed E-state index contributed by atoms with van der Waals surface area (Å²) < 4.78 is 10.1. The Morgan fingerprint density at radius 1 is 1.21 bits per heavy atom. The molecule has 2 aromatic rings. The molecular weight excluding hydrogens is 300 g/mol. The lowest BCUT2D eigenvalue weighted by molar-refractivity contribution is -0.119. The third-order valence-electron chi connectivity index (χ3n) is 3.95. The molecule has 128 valence electrons. The first kappa shape index (κ1) is 18.1. The molecule has 0 spiro atoms. The smallest absolute Gasteiger partial charge is 0.137 e. The second kappa shape index (κ2) is 9.76. The minimum absolute atomic E-state index is 0.316. The summed E-state index contributed by atoms with van der Waals surface area (Å²) >= 11 is 0. The minimum atomic E-state index is 0.316. The summed E-state index contributed by atoms with van der Waals surface area (Å²) in [4.78, 5) is 12.2. The van der Waals surface area contributed by atoms with E-state index < -0.39 is 0 Å². The predicted octanol–water partition coefficient (Wildman–Crippen LogP) is 5.84. The molecule has 2 heterocycles. The number of hydrogen-bond acceptors (Lipinski definition) is 3. The lowest BCUT2D eigenvalue weighted by Crippen LogP contribution is -2.05. The van der Waals surface area contributed by atoms with E-state index in [0.29, 0.717) is 24.5 Å². The highest BCUT2D eigenvalue weighted by Crippen LogP contribution is 2.15. The fraction of sp³-hybridized carbons (Fsp3) is 0.381. The van der Waals surface area contributed by atoms with Crippen LogP contribution in [0.3, 0.4) is 0 Å². The number of Topliss-reactive ketones (excluding diaryl/α,β-unsaturated/α-hetero) is 1. The highest BCUT2D eigenvalue weighted by atomic mass is 16.3. The van der Waals surface area contributed by atoms with E-state index in [0.717, 1.165) is 30.4 Å². The number of allylic oxidation sites excluding steroid dienone is 3. The van der Waals surface area contributed by atoms with Gasteiger partial charge in [0.05, 0.1) is 25.1 Å². The molecule has 3 heteroatoms. The third-order valence-corrected chi connectivity index (χ3v) is 3.95. The Morgan fingerprint density at radius 2 is 2.00 bits per heavy atom. The summed E-state index contributed by atoms with van der Waals surface area (Å²) in [5.74, 6) is 0.677. The molecule has 0 radical (unpaired) electrons. The molecule has 0 fully saturated rings. The van der Waals surface area contributed by atoms with Crippen LogP contribution in [-0.2, 0) is 11.2 Å². The van der Waals surface area contributed by atoms with Crippen LogP contribution in [-0.4, -0.2) is 5.78 Å². The maximum Gasteiger partial charge on any atom is 0.137 e. The first-order valence-corrected chi connectivity index (χ1v) is 8.50. The molecular formula is C21H26O3. The number of aryl methyl sites for hydroxylation is 1. The predicted molar refractivity (Wildman–Crippen MR) is 96.6 cm³/mol. The molecule has 24 heavy (non-hydrogen) atoms. The number of carbonyl (C=O) groups excluding carboxylic acids is 1. The van der Waals surface area contributed by atoms with Crippen molar-refractivity contribution in [2.24, 2.45) is 5.92 Å². The maximum absolute atomic E-state index is 12.2. The Labute approximate surface area is 144 Å². The molecule has 0 N–H and O–H groups in total. The van der Waals surface area contributed by atoms with Crippen molar-refractivity contribution in [2.75, 3.05) is 0 Å². The quantitative estimate of drug-likeness (QED) is 0.515. The van der Waals surface area contributed by atoms with Gasteiger partial charge in [-0.3, -0.25) is 4.79 Å². The van der Waals surface area contributed by atoms with Gasteiger partial charge in [0.15, 0.2) is 0 Å². The van der Waals surface area contributed by atoms with Crippen molar-refractivity contribution in [3.05, 3.63) is 66.0 Å². The van der Waals surface area contributed by atoms with Crippen LogP contribution in [0.25, 0.3) is 6.08 Å². The van der Waals surface area contributed by atoms with E-state index in [1.807, 2.05) is 25.1 Å². The fourth-order valence-corrected chi connectivity index (χ4v) is 2.65.